The van der Waals surface area contributed by atoms with Gasteiger partial charge in [-0.15, -0.1) is 0 Å². The maximum Gasteiger partial charge on any atom is 0.255 e. The fraction of sp³-hybridized carbons (Fsp3) is 0. The minimum absolute atomic E-state index is 0.208. The van der Waals surface area contributed by atoms with E-state index in [9.17, 15) is 9.18 Å². The van der Waals surface area contributed by atoms with Crippen molar-refractivity contribution in [1.82, 2.24) is 0 Å². The molecule has 0 aliphatic carbocycles. The van der Waals surface area contributed by atoms with Crippen molar-refractivity contribution in [2.75, 3.05) is 5.32 Å². The second-order valence-corrected chi connectivity index (χ2v) is 5.65. The molecule has 0 bridgehead atoms. The fourth-order valence-electron chi connectivity index (χ4n) is 1.55. The van der Waals surface area contributed by atoms with E-state index < -0.39 is 11.7 Å². The number of hydrogen-bond donors (Lipinski definition) is 1. The Morgan fingerprint density at radius 1 is 1.20 bits per heavy atom. The van der Waals surface area contributed by atoms with E-state index in [0.717, 1.165) is 4.47 Å². The third-order valence-corrected chi connectivity index (χ3v) is 3.63. The molecule has 6 heteroatoms. The Morgan fingerprint density at radius 3 is 2.60 bits per heavy atom. The van der Waals surface area contributed by atoms with Crippen LogP contribution in [0.5, 0.6) is 0 Å². The lowest BCUT2D eigenvalue weighted by Crippen LogP contribution is -2.13. The molecular formula is C14H7Br2FN2O. The Kier molecular flexibility index (Phi) is 4.53. The summed E-state index contributed by atoms with van der Waals surface area (Å²) in [6.45, 7) is 0. The first kappa shape index (κ1) is 14.7. The van der Waals surface area contributed by atoms with E-state index in [1.807, 2.05) is 6.07 Å². The number of nitrogens with one attached hydrogen (secondary N) is 1. The number of anilines is 1. The van der Waals surface area contributed by atoms with Crippen LogP contribution in [0, 0.1) is 17.1 Å². The molecule has 0 aliphatic heterocycles. The third kappa shape index (κ3) is 3.24. The molecule has 0 heterocycles. The van der Waals surface area contributed by atoms with Gasteiger partial charge in [0.2, 0.25) is 0 Å². The Bertz CT molecular complexity index is 726. The van der Waals surface area contributed by atoms with E-state index in [1.54, 1.807) is 18.2 Å². The normalized spacial score (nSPS) is 9.90. The van der Waals surface area contributed by atoms with Crippen molar-refractivity contribution >= 4 is 43.5 Å². The molecule has 100 valence electrons. The first-order chi connectivity index (χ1) is 9.51. The van der Waals surface area contributed by atoms with Crippen molar-refractivity contribution < 1.29 is 9.18 Å². The second kappa shape index (κ2) is 6.16. The molecule has 2 aromatic carbocycles. The summed E-state index contributed by atoms with van der Waals surface area (Å²) < 4.78 is 14.1. The van der Waals surface area contributed by atoms with Gasteiger partial charge in [-0.3, -0.25) is 4.79 Å². The Hall–Kier alpha value is -1.71. The van der Waals surface area contributed by atoms with Gasteiger partial charge in [0.05, 0.1) is 15.7 Å². The van der Waals surface area contributed by atoms with E-state index in [2.05, 4.69) is 37.2 Å². The highest BCUT2D eigenvalue weighted by molar-refractivity contribution is 9.10. The molecule has 20 heavy (non-hydrogen) atoms. The SMILES string of the molecule is N#Cc1ccc(Br)cc1NC(=O)c1ccc(F)c(Br)c1. The van der Waals surface area contributed by atoms with Gasteiger partial charge in [-0.2, -0.15) is 5.26 Å². The molecule has 0 aliphatic rings. The third-order valence-electron chi connectivity index (χ3n) is 2.53. The number of hydrogen-bond acceptors (Lipinski definition) is 2. The summed E-state index contributed by atoms with van der Waals surface area (Å²) in [6, 6.07) is 10.9. The van der Waals surface area contributed by atoms with Crippen LogP contribution in [-0.4, -0.2) is 5.91 Å². The highest BCUT2D eigenvalue weighted by atomic mass is 79.9. The van der Waals surface area contributed by atoms with Crippen LogP contribution in [0.3, 0.4) is 0 Å². The van der Waals surface area contributed by atoms with Gasteiger partial charge in [0.15, 0.2) is 0 Å². The first-order valence-electron chi connectivity index (χ1n) is 5.47. The maximum atomic E-state index is 13.1. The molecule has 3 nitrogen and oxygen atoms in total. The zero-order valence-corrected chi connectivity index (χ0v) is 13.1. The number of halogens is 3. The van der Waals surface area contributed by atoms with Crippen LogP contribution < -0.4 is 5.32 Å². The van der Waals surface area contributed by atoms with Gasteiger partial charge < -0.3 is 5.32 Å². The van der Waals surface area contributed by atoms with E-state index >= 15 is 0 Å². The van der Waals surface area contributed by atoms with Crippen LogP contribution in [0.1, 0.15) is 15.9 Å². The Labute approximate surface area is 131 Å². The molecule has 2 aromatic rings. The molecule has 0 radical (unpaired) electrons. The quantitative estimate of drug-likeness (QED) is 0.812. The summed E-state index contributed by atoms with van der Waals surface area (Å²) in [5, 5.41) is 11.6. The van der Waals surface area contributed by atoms with Gasteiger partial charge in [0.25, 0.3) is 5.91 Å². The van der Waals surface area contributed by atoms with Crippen molar-refractivity contribution in [2.45, 2.75) is 0 Å². The lowest BCUT2D eigenvalue weighted by molar-refractivity contribution is 0.102. The maximum absolute atomic E-state index is 13.1. The number of nitrogens with zero attached hydrogens (tertiary/aromatic N) is 1. The van der Waals surface area contributed by atoms with E-state index in [4.69, 9.17) is 5.26 Å². The highest BCUT2D eigenvalue weighted by Crippen LogP contribution is 2.22. The first-order valence-corrected chi connectivity index (χ1v) is 7.06. The molecule has 2 rings (SSSR count). The molecule has 0 fully saturated rings. The van der Waals surface area contributed by atoms with Crippen LogP contribution in [0.25, 0.3) is 0 Å². The van der Waals surface area contributed by atoms with Crippen molar-refractivity contribution in [3.05, 3.63) is 62.3 Å². The highest BCUT2D eigenvalue weighted by Gasteiger charge is 2.11. The predicted octanol–water partition coefficient (Wildman–Crippen LogP) is 4.47. The fourth-order valence-corrected chi connectivity index (χ4v) is 2.29. The summed E-state index contributed by atoms with van der Waals surface area (Å²) in [4.78, 5) is 12.1. The van der Waals surface area contributed by atoms with Crippen LogP contribution >= 0.6 is 31.9 Å². The molecule has 0 saturated carbocycles. The average Bonchev–Trinajstić information content (AvgIpc) is 2.42. The molecule has 0 spiro atoms. The topological polar surface area (TPSA) is 52.9 Å². The molecule has 0 unspecified atom stereocenters. The van der Waals surface area contributed by atoms with Crippen molar-refractivity contribution in [1.29, 1.82) is 5.26 Å². The van der Waals surface area contributed by atoms with Crippen molar-refractivity contribution in [3.8, 4) is 6.07 Å². The number of carbonyl (C=O) groups excluding carboxylic acids is 1. The Balaban J connectivity index is 2.30. The van der Waals surface area contributed by atoms with Gasteiger partial charge in [-0.05, 0) is 52.3 Å². The summed E-state index contributed by atoms with van der Waals surface area (Å²) in [5.74, 6) is -0.859. The zero-order valence-electron chi connectivity index (χ0n) is 9.95. The Morgan fingerprint density at radius 2 is 1.95 bits per heavy atom. The minimum atomic E-state index is -0.443. The van der Waals surface area contributed by atoms with Crippen LogP contribution in [-0.2, 0) is 0 Å². The standard InChI is InChI=1S/C14H7Br2FN2O/c15-10-3-1-9(7-18)13(6-10)19-14(20)8-2-4-12(17)11(16)5-8/h1-6H,(H,19,20). The van der Waals surface area contributed by atoms with Gasteiger partial charge in [0.1, 0.15) is 11.9 Å². The molecule has 1 amide bonds. The lowest BCUT2D eigenvalue weighted by Gasteiger charge is -2.08. The molecule has 1 N–H and O–H groups in total. The summed E-state index contributed by atoms with van der Waals surface area (Å²) in [5.41, 5.74) is 1.04. The zero-order chi connectivity index (χ0) is 14.7. The number of rotatable bonds is 2. The van der Waals surface area contributed by atoms with Gasteiger partial charge >= 0.3 is 0 Å². The number of carbonyl (C=O) groups is 1. The van der Waals surface area contributed by atoms with Crippen molar-refractivity contribution in [3.63, 3.8) is 0 Å². The van der Waals surface area contributed by atoms with Gasteiger partial charge in [-0.1, -0.05) is 15.9 Å². The average molecular weight is 398 g/mol. The monoisotopic (exact) mass is 396 g/mol. The number of benzene rings is 2. The smallest absolute Gasteiger partial charge is 0.255 e. The van der Waals surface area contributed by atoms with Crippen molar-refractivity contribution in [2.24, 2.45) is 0 Å². The summed E-state index contributed by atoms with van der Waals surface area (Å²) in [6.07, 6.45) is 0. The second-order valence-electron chi connectivity index (χ2n) is 3.88. The molecular weight excluding hydrogens is 391 g/mol. The summed E-state index contributed by atoms with van der Waals surface area (Å²) >= 11 is 6.30. The minimum Gasteiger partial charge on any atom is -0.321 e. The molecule has 0 aromatic heterocycles. The van der Waals surface area contributed by atoms with Crippen LogP contribution in [0.4, 0.5) is 10.1 Å². The number of nitriles is 1. The van der Waals surface area contributed by atoms with Gasteiger partial charge in [-0.25, -0.2) is 4.39 Å². The summed E-state index contributed by atoms with van der Waals surface area (Å²) in [7, 11) is 0. The van der Waals surface area contributed by atoms with E-state index in [1.165, 1.54) is 18.2 Å². The lowest BCUT2D eigenvalue weighted by atomic mass is 10.1. The largest absolute Gasteiger partial charge is 0.321 e. The van der Waals surface area contributed by atoms with E-state index in [0.29, 0.717) is 16.8 Å². The predicted molar refractivity (Wildman–Crippen MR) is 80.9 cm³/mol. The van der Waals surface area contributed by atoms with E-state index in [-0.39, 0.29) is 4.47 Å². The van der Waals surface area contributed by atoms with Gasteiger partial charge in [0, 0.05) is 10.0 Å². The molecule has 0 atom stereocenters. The number of amides is 1. The van der Waals surface area contributed by atoms with Crippen LogP contribution in [0.15, 0.2) is 45.3 Å². The molecule has 0 saturated heterocycles. The van der Waals surface area contributed by atoms with Crippen LogP contribution in [0.2, 0.25) is 0 Å².